The van der Waals surface area contributed by atoms with E-state index in [0.717, 1.165) is 17.8 Å². The molecule has 0 aliphatic carbocycles. The van der Waals surface area contributed by atoms with Crippen molar-refractivity contribution in [3.8, 4) is 0 Å². The van der Waals surface area contributed by atoms with E-state index in [1.165, 1.54) is 19.3 Å². The average Bonchev–Trinajstić information content (AvgIpc) is 2.78. The summed E-state index contributed by atoms with van der Waals surface area (Å²) in [6.07, 6.45) is 4.85. The van der Waals surface area contributed by atoms with Crippen LogP contribution in [0.1, 0.15) is 79.1 Å². The lowest BCUT2D eigenvalue weighted by molar-refractivity contribution is 0.886. The number of nitrogens with zero attached hydrogens (tertiary/aromatic N) is 2. The number of aromatic nitrogens is 3. The second-order valence-electron chi connectivity index (χ2n) is 3.42. The molecule has 0 atom stereocenters. The third-order valence-electron chi connectivity index (χ3n) is 1.66. The highest BCUT2D eigenvalue weighted by atomic mass is 15.3. The molecule has 1 aromatic heterocycles. The van der Waals surface area contributed by atoms with Crippen molar-refractivity contribution in [2.75, 3.05) is 0 Å². The van der Waals surface area contributed by atoms with Crippen LogP contribution in [0.3, 0.4) is 0 Å². The molecular formula is C14H33N3. The maximum Gasteiger partial charge on any atom is 0.0851 e. The molecule has 0 spiro atoms. The summed E-state index contributed by atoms with van der Waals surface area (Å²) in [6, 6.07) is 0. The predicted octanol–water partition coefficient (Wildman–Crippen LogP) is 4.92. The zero-order chi connectivity index (χ0) is 14.1. The minimum Gasteiger partial charge on any atom is -0.197 e. The number of rotatable bonds is 2. The first kappa shape index (κ1) is 21.4. The van der Waals surface area contributed by atoms with Gasteiger partial charge in [0.1, 0.15) is 0 Å². The Hall–Kier alpha value is -0.860. The number of aromatic amines is 1. The van der Waals surface area contributed by atoms with Crippen molar-refractivity contribution in [1.29, 1.82) is 0 Å². The second kappa shape index (κ2) is 20.5. The Morgan fingerprint density at radius 1 is 0.882 bits per heavy atom. The van der Waals surface area contributed by atoms with Gasteiger partial charge in [-0.15, -0.1) is 0 Å². The van der Waals surface area contributed by atoms with Gasteiger partial charge < -0.3 is 0 Å². The molecule has 104 valence electrons. The lowest BCUT2D eigenvalue weighted by atomic mass is 10.3. The Bertz CT molecular complexity index is 205. The Morgan fingerprint density at radius 3 is 1.41 bits per heavy atom. The van der Waals surface area contributed by atoms with Gasteiger partial charge in [-0.25, -0.2) is 0 Å². The number of H-pyrrole nitrogens is 1. The fourth-order valence-electron chi connectivity index (χ4n) is 0.641. The third kappa shape index (κ3) is 17.7. The number of hydrogen-bond acceptors (Lipinski definition) is 2. The Labute approximate surface area is 108 Å². The van der Waals surface area contributed by atoms with E-state index in [1.807, 2.05) is 20.8 Å². The van der Waals surface area contributed by atoms with Gasteiger partial charge in [0.2, 0.25) is 0 Å². The van der Waals surface area contributed by atoms with Crippen LogP contribution in [0, 0.1) is 6.92 Å². The first-order valence-electron chi connectivity index (χ1n) is 7.03. The molecule has 0 amide bonds. The van der Waals surface area contributed by atoms with Crippen LogP contribution in [-0.4, -0.2) is 15.4 Å². The first-order chi connectivity index (χ1) is 8.17. The van der Waals surface area contributed by atoms with E-state index in [1.54, 1.807) is 0 Å². The third-order valence-corrected chi connectivity index (χ3v) is 1.66. The van der Waals surface area contributed by atoms with Gasteiger partial charge in [-0.1, -0.05) is 67.7 Å². The molecular weight excluding hydrogens is 210 g/mol. The minimum absolute atomic E-state index is 0.961. The van der Waals surface area contributed by atoms with Crippen molar-refractivity contribution in [2.24, 2.45) is 0 Å². The number of unbranched alkanes of at least 4 members (excludes halogenated alkanes) is 1. The molecule has 0 aliphatic rings. The van der Waals surface area contributed by atoms with Gasteiger partial charge in [-0.2, -0.15) is 15.4 Å². The van der Waals surface area contributed by atoms with E-state index in [-0.39, 0.29) is 0 Å². The zero-order valence-corrected chi connectivity index (χ0v) is 13.2. The fraction of sp³-hybridized carbons (Fsp3) is 0.857. The summed E-state index contributed by atoms with van der Waals surface area (Å²) in [6.45, 7) is 16.6. The highest BCUT2D eigenvalue weighted by molar-refractivity contribution is 5.04. The summed E-state index contributed by atoms with van der Waals surface area (Å²) in [4.78, 5) is 0. The second-order valence-corrected chi connectivity index (χ2v) is 3.42. The lowest BCUT2D eigenvalue weighted by Gasteiger charge is -1.82. The summed E-state index contributed by atoms with van der Waals surface area (Å²) < 4.78 is 0. The molecule has 0 aliphatic heterocycles. The van der Waals surface area contributed by atoms with Crippen molar-refractivity contribution < 1.29 is 0 Å². The quantitative estimate of drug-likeness (QED) is 0.800. The first-order valence-corrected chi connectivity index (χ1v) is 7.03. The summed E-state index contributed by atoms with van der Waals surface area (Å²) in [5, 5.41) is 10.3. The van der Waals surface area contributed by atoms with Gasteiger partial charge >= 0.3 is 0 Å². The predicted molar refractivity (Wildman–Crippen MR) is 78.4 cm³/mol. The van der Waals surface area contributed by atoms with Crippen molar-refractivity contribution in [3.05, 3.63) is 11.4 Å². The molecule has 0 aromatic carbocycles. The molecule has 0 bridgehead atoms. The van der Waals surface area contributed by atoms with E-state index >= 15 is 0 Å². The van der Waals surface area contributed by atoms with Crippen LogP contribution in [-0.2, 0) is 6.42 Å². The molecule has 1 aromatic rings. The van der Waals surface area contributed by atoms with Gasteiger partial charge in [-0.05, 0) is 13.3 Å². The molecule has 3 nitrogen and oxygen atoms in total. The SMILES string of the molecule is CC.CCC.CCCC.CCc1n[nH]nc1C. The minimum atomic E-state index is 0.961. The summed E-state index contributed by atoms with van der Waals surface area (Å²) in [5.74, 6) is 0. The van der Waals surface area contributed by atoms with Crippen LogP contribution in [0.5, 0.6) is 0 Å². The molecule has 0 radical (unpaired) electrons. The number of hydrogen-bond donors (Lipinski definition) is 1. The Kier molecular flexibility index (Phi) is 25.9. The monoisotopic (exact) mass is 243 g/mol. The zero-order valence-electron chi connectivity index (χ0n) is 13.2. The molecule has 0 saturated carbocycles. The molecule has 1 heterocycles. The Morgan fingerprint density at radius 2 is 1.29 bits per heavy atom. The van der Waals surface area contributed by atoms with Gasteiger partial charge in [-0.3, -0.25) is 0 Å². The fourth-order valence-corrected chi connectivity index (χ4v) is 0.641. The van der Waals surface area contributed by atoms with Crippen LogP contribution in [0.25, 0.3) is 0 Å². The van der Waals surface area contributed by atoms with E-state index in [9.17, 15) is 0 Å². The molecule has 0 unspecified atom stereocenters. The maximum absolute atomic E-state index is 3.90. The van der Waals surface area contributed by atoms with Crippen molar-refractivity contribution in [2.45, 2.75) is 81.1 Å². The van der Waals surface area contributed by atoms with Crippen molar-refractivity contribution >= 4 is 0 Å². The normalized spacial score (nSPS) is 7.76. The molecule has 0 fully saturated rings. The van der Waals surface area contributed by atoms with Crippen LogP contribution < -0.4 is 0 Å². The number of aryl methyl sites for hydroxylation is 2. The molecule has 17 heavy (non-hydrogen) atoms. The highest BCUT2D eigenvalue weighted by Gasteiger charge is 1.95. The summed E-state index contributed by atoms with van der Waals surface area (Å²) >= 11 is 0. The van der Waals surface area contributed by atoms with Crippen molar-refractivity contribution in [1.82, 2.24) is 15.4 Å². The van der Waals surface area contributed by atoms with E-state index in [0.29, 0.717) is 0 Å². The average molecular weight is 243 g/mol. The Balaban J connectivity index is -0.000000186. The lowest BCUT2D eigenvalue weighted by Crippen LogP contribution is -1.81. The van der Waals surface area contributed by atoms with Crippen LogP contribution in [0.4, 0.5) is 0 Å². The molecule has 1 rings (SSSR count). The van der Waals surface area contributed by atoms with Crippen LogP contribution in [0.2, 0.25) is 0 Å². The molecule has 0 saturated heterocycles. The molecule has 1 N–H and O–H groups in total. The standard InChI is InChI=1S/C5H9N3.C4H10.C3H8.C2H6/c1-3-5-4(2)6-8-7-5;1-3-4-2;1-3-2;1-2/h3H2,1-2H3,(H,6,7,8);3-4H2,1-2H3;3H2,1-2H3;1-2H3. The van der Waals surface area contributed by atoms with E-state index in [4.69, 9.17) is 0 Å². The number of nitrogens with one attached hydrogen (secondary N) is 1. The van der Waals surface area contributed by atoms with Crippen LogP contribution >= 0.6 is 0 Å². The largest absolute Gasteiger partial charge is 0.197 e. The highest BCUT2D eigenvalue weighted by Crippen LogP contribution is 1.96. The smallest absolute Gasteiger partial charge is 0.0851 e. The summed E-state index contributed by atoms with van der Waals surface area (Å²) in [7, 11) is 0. The van der Waals surface area contributed by atoms with Crippen molar-refractivity contribution in [3.63, 3.8) is 0 Å². The topological polar surface area (TPSA) is 41.6 Å². The van der Waals surface area contributed by atoms with E-state index in [2.05, 4.69) is 50.0 Å². The van der Waals surface area contributed by atoms with Gasteiger partial charge in [0.05, 0.1) is 11.4 Å². The summed E-state index contributed by atoms with van der Waals surface area (Å²) in [5.41, 5.74) is 2.07. The molecule has 3 heteroatoms. The van der Waals surface area contributed by atoms with Crippen LogP contribution in [0.15, 0.2) is 0 Å². The van der Waals surface area contributed by atoms with Gasteiger partial charge in [0.15, 0.2) is 0 Å². The van der Waals surface area contributed by atoms with Gasteiger partial charge in [0, 0.05) is 0 Å². The maximum atomic E-state index is 3.90. The van der Waals surface area contributed by atoms with Gasteiger partial charge in [0.25, 0.3) is 0 Å². The van der Waals surface area contributed by atoms with E-state index < -0.39 is 0 Å².